The van der Waals surface area contributed by atoms with Gasteiger partial charge in [-0.2, -0.15) is 26.3 Å². The Morgan fingerprint density at radius 3 is 1.89 bits per heavy atom. The van der Waals surface area contributed by atoms with Crippen LogP contribution >= 0.6 is 12.4 Å². The highest BCUT2D eigenvalue weighted by Crippen LogP contribution is 2.30. The summed E-state index contributed by atoms with van der Waals surface area (Å²) in [6.07, 6.45) is -4.39. The maximum absolute atomic E-state index is 12.8. The Kier molecular flexibility index (Phi) is 9.65. The Hall–Kier alpha value is -1.88. The molecule has 0 unspecified atom stereocenters. The van der Waals surface area contributed by atoms with Gasteiger partial charge in [-0.15, -0.1) is 12.4 Å². The van der Waals surface area contributed by atoms with Gasteiger partial charge in [0.05, 0.1) is 5.56 Å². The van der Waals surface area contributed by atoms with Gasteiger partial charge in [0.25, 0.3) is 0 Å². The number of benzene rings is 1. The Balaban J connectivity index is 0.00000361. The van der Waals surface area contributed by atoms with Crippen LogP contribution in [0.4, 0.5) is 26.3 Å². The predicted molar refractivity (Wildman–Crippen MR) is 128 cm³/mol. The number of aromatic nitrogens is 1. The van der Waals surface area contributed by atoms with Gasteiger partial charge in [0, 0.05) is 38.4 Å². The Labute approximate surface area is 213 Å². The van der Waals surface area contributed by atoms with E-state index in [0.29, 0.717) is 19.1 Å². The number of likely N-dealkylation sites (tertiary alicyclic amines) is 1. The molecule has 2 aromatic rings. The summed E-state index contributed by atoms with van der Waals surface area (Å²) >= 11 is 0. The summed E-state index contributed by atoms with van der Waals surface area (Å²) in [6, 6.07) is 8.43. The van der Waals surface area contributed by atoms with Crippen LogP contribution in [0.1, 0.15) is 41.6 Å². The lowest BCUT2D eigenvalue weighted by atomic mass is 10.0. The first-order chi connectivity index (χ1) is 16.6. The number of hydrogen-bond donors (Lipinski definition) is 0. The number of pyridine rings is 1. The smallest absolute Gasteiger partial charge is 0.299 e. The third kappa shape index (κ3) is 7.81. The SMILES string of the molecule is Cl.FC(F)(F)c1ccc(CN2CCCN(C3CCN(Cc4ccc(C(F)(F)F)nc4)CC3)CC2)cc1. The maximum atomic E-state index is 12.8. The van der Waals surface area contributed by atoms with Crippen LogP contribution in [0.2, 0.25) is 0 Å². The van der Waals surface area contributed by atoms with Crippen LogP contribution in [0.5, 0.6) is 0 Å². The van der Waals surface area contributed by atoms with Crippen molar-refractivity contribution in [3.8, 4) is 0 Å². The highest BCUT2D eigenvalue weighted by Gasteiger charge is 2.32. The highest BCUT2D eigenvalue weighted by atomic mass is 35.5. The van der Waals surface area contributed by atoms with Crippen molar-refractivity contribution in [3.05, 3.63) is 65.0 Å². The van der Waals surface area contributed by atoms with E-state index in [1.807, 2.05) is 0 Å². The van der Waals surface area contributed by atoms with E-state index in [1.54, 1.807) is 12.1 Å². The van der Waals surface area contributed by atoms with Crippen molar-refractivity contribution in [2.45, 2.75) is 50.7 Å². The molecule has 0 saturated carbocycles. The average Bonchev–Trinajstić information content (AvgIpc) is 3.05. The molecule has 2 saturated heterocycles. The molecule has 36 heavy (non-hydrogen) atoms. The Morgan fingerprint density at radius 1 is 0.694 bits per heavy atom. The van der Waals surface area contributed by atoms with Crippen LogP contribution in [-0.2, 0) is 25.4 Å². The number of nitrogens with zero attached hydrogens (tertiary/aromatic N) is 4. The molecule has 2 fully saturated rings. The quantitative estimate of drug-likeness (QED) is 0.456. The first kappa shape index (κ1) is 28.7. The zero-order valence-electron chi connectivity index (χ0n) is 19.9. The summed E-state index contributed by atoms with van der Waals surface area (Å²) in [6.45, 7) is 6.72. The van der Waals surface area contributed by atoms with Gasteiger partial charge in [-0.05, 0) is 74.8 Å². The molecule has 0 amide bonds. The van der Waals surface area contributed by atoms with Crippen LogP contribution in [0.15, 0.2) is 42.6 Å². The molecule has 0 spiro atoms. The monoisotopic (exact) mass is 536 g/mol. The summed E-state index contributed by atoms with van der Waals surface area (Å²) in [5, 5.41) is 0. The zero-order chi connectivity index (χ0) is 25.1. The molecule has 0 atom stereocenters. The third-order valence-corrected chi connectivity index (χ3v) is 6.91. The van der Waals surface area contributed by atoms with E-state index in [4.69, 9.17) is 0 Å². The van der Waals surface area contributed by atoms with Gasteiger partial charge in [-0.3, -0.25) is 19.7 Å². The number of hydrogen-bond acceptors (Lipinski definition) is 4. The second-order valence-electron chi connectivity index (χ2n) is 9.42. The minimum atomic E-state index is -4.42. The van der Waals surface area contributed by atoms with E-state index in [2.05, 4.69) is 19.7 Å². The van der Waals surface area contributed by atoms with E-state index in [9.17, 15) is 26.3 Å². The normalized spacial score (nSPS) is 19.6. The second-order valence-corrected chi connectivity index (χ2v) is 9.42. The lowest BCUT2D eigenvalue weighted by Crippen LogP contribution is -2.45. The third-order valence-electron chi connectivity index (χ3n) is 6.91. The minimum Gasteiger partial charge on any atom is -0.299 e. The molecule has 0 bridgehead atoms. The van der Waals surface area contributed by atoms with Gasteiger partial charge in [0.15, 0.2) is 0 Å². The zero-order valence-corrected chi connectivity index (χ0v) is 20.7. The van der Waals surface area contributed by atoms with Gasteiger partial charge in [0.1, 0.15) is 5.69 Å². The number of rotatable bonds is 5. The summed E-state index contributed by atoms with van der Waals surface area (Å²) < 4.78 is 76.4. The molecule has 2 aliphatic rings. The fraction of sp³-hybridized carbons (Fsp3) is 0.560. The molecular weight excluding hydrogens is 506 g/mol. The molecule has 3 heterocycles. The minimum absolute atomic E-state index is 0. The lowest BCUT2D eigenvalue weighted by Gasteiger charge is -2.38. The van der Waals surface area contributed by atoms with E-state index in [1.165, 1.54) is 12.3 Å². The Morgan fingerprint density at radius 2 is 1.31 bits per heavy atom. The summed E-state index contributed by atoms with van der Waals surface area (Å²) in [4.78, 5) is 10.6. The molecule has 0 aliphatic carbocycles. The number of halogens is 7. The van der Waals surface area contributed by atoms with Crippen molar-refractivity contribution >= 4 is 12.4 Å². The van der Waals surface area contributed by atoms with Crippen LogP contribution < -0.4 is 0 Å². The molecule has 4 nitrogen and oxygen atoms in total. The average molecular weight is 537 g/mol. The van der Waals surface area contributed by atoms with Crippen LogP contribution in [0.25, 0.3) is 0 Å². The predicted octanol–water partition coefficient (Wildman–Crippen LogP) is 5.71. The maximum Gasteiger partial charge on any atom is 0.433 e. The van der Waals surface area contributed by atoms with E-state index >= 15 is 0 Å². The van der Waals surface area contributed by atoms with E-state index in [-0.39, 0.29) is 12.4 Å². The first-order valence-corrected chi connectivity index (χ1v) is 11.9. The van der Waals surface area contributed by atoms with Gasteiger partial charge in [0.2, 0.25) is 0 Å². The molecule has 2 aliphatic heterocycles. The van der Waals surface area contributed by atoms with Crippen LogP contribution in [0, 0.1) is 0 Å². The molecule has 0 N–H and O–H groups in total. The van der Waals surface area contributed by atoms with Gasteiger partial charge >= 0.3 is 12.4 Å². The summed E-state index contributed by atoms with van der Waals surface area (Å²) in [5.41, 5.74) is 0.181. The fourth-order valence-corrected chi connectivity index (χ4v) is 4.96. The van der Waals surface area contributed by atoms with Crippen molar-refractivity contribution in [2.24, 2.45) is 0 Å². The largest absolute Gasteiger partial charge is 0.433 e. The summed E-state index contributed by atoms with van der Waals surface area (Å²) in [5.74, 6) is 0. The number of piperidine rings is 1. The first-order valence-electron chi connectivity index (χ1n) is 11.9. The van der Waals surface area contributed by atoms with Gasteiger partial charge in [-0.1, -0.05) is 18.2 Å². The van der Waals surface area contributed by atoms with E-state index in [0.717, 1.165) is 87.9 Å². The molecule has 0 radical (unpaired) electrons. The molecule has 4 rings (SSSR count). The van der Waals surface area contributed by atoms with Crippen LogP contribution in [-0.4, -0.2) is 65.0 Å². The molecule has 11 heteroatoms. The lowest BCUT2D eigenvalue weighted by molar-refractivity contribution is -0.141. The topological polar surface area (TPSA) is 22.6 Å². The van der Waals surface area contributed by atoms with Crippen molar-refractivity contribution in [1.29, 1.82) is 0 Å². The van der Waals surface area contributed by atoms with Gasteiger partial charge < -0.3 is 0 Å². The van der Waals surface area contributed by atoms with E-state index < -0.39 is 23.6 Å². The standard InChI is InChI=1S/C25H30F6N4.ClH/c26-24(27,28)21-5-2-19(3-6-21)17-33-10-1-11-35(15-14-33)22-8-12-34(13-9-22)18-20-4-7-23(32-16-20)25(29,30)31;/h2-7,16,22H,1,8-15,17-18H2;1H. The van der Waals surface area contributed by atoms with Crippen molar-refractivity contribution in [2.75, 3.05) is 39.3 Å². The fourth-order valence-electron chi connectivity index (χ4n) is 4.96. The van der Waals surface area contributed by atoms with Crippen molar-refractivity contribution in [3.63, 3.8) is 0 Å². The van der Waals surface area contributed by atoms with Crippen molar-refractivity contribution < 1.29 is 26.3 Å². The summed E-state index contributed by atoms with van der Waals surface area (Å²) in [7, 11) is 0. The molecule has 1 aromatic heterocycles. The van der Waals surface area contributed by atoms with Crippen molar-refractivity contribution in [1.82, 2.24) is 19.7 Å². The highest BCUT2D eigenvalue weighted by molar-refractivity contribution is 5.85. The number of alkyl halides is 6. The van der Waals surface area contributed by atoms with Crippen LogP contribution in [0.3, 0.4) is 0 Å². The Bertz CT molecular complexity index is 941. The molecular formula is C25H31ClF6N4. The second kappa shape index (κ2) is 12.1. The molecule has 200 valence electrons. The molecule has 1 aromatic carbocycles. The van der Waals surface area contributed by atoms with Gasteiger partial charge in [-0.25, -0.2) is 0 Å².